The predicted octanol–water partition coefficient (Wildman–Crippen LogP) is 4.49. The van der Waals surface area contributed by atoms with Crippen LogP contribution in [0, 0.1) is 26.6 Å². The number of aliphatic hydroxyl groups is 1. The summed E-state index contributed by atoms with van der Waals surface area (Å²) >= 11 is 0. The highest BCUT2D eigenvalue weighted by Gasteiger charge is 2.20. The molecule has 35 heavy (non-hydrogen) atoms. The molecule has 3 aromatic carbocycles. The van der Waals surface area contributed by atoms with Gasteiger partial charge < -0.3 is 20.5 Å². The lowest BCUT2D eigenvalue weighted by Crippen LogP contribution is -2.49. The van der Waals surface area contributed by atoms with E-state index in [1.165, 1.54) is 23.4 Å². The summed E-state index contributed by atoms with van der Waals surface area (Å²) in [7, 11) is 0. The molecule has 6 heteroatoms. The molecule has 1 aliphatic rings. The topological polar surface area (TPSA) is 62.0 Å². The SMILES string of the molecule is Cc1cc(OC[C@@H](O)CN2CCN(c3ccc(Cc4ccc(F)cc4)cc3)CC2)c(C)c(C)c1N. The molecule has 0 aliphatic carbocycles. The van der Waals surface area contributed by atoms with Crippen molar-refractivity contribution in [3.63, 3.8) is 0 Å². The van der Waals surface area contributed by atoms with Crippen molar-refractivity contribution in [2.24, 2.45) is 0 Å². The second-order valence-corrected chi connectivity index (χ2v) is 9.58. The molecule has 4 rings (SSSR count). The molecule has 0 aromatic heterocycles. The summed E-state index contributed by atoms with van der Waals surface area (Å²) in [4.78, 5) is 4.67. The third-order valence-electron chi connectivity index (χ3n) is 7.00. The van der Waals surface area contributed by atoms with Crippen molar-refractivity contribution in [1.82, 2.24) is 4.90 Å². The van der Waals surface area contributed by atoms with Crippen LogP contribution in [-0.4, -0.2) is 55.4 Å². The maximum Gasteiger partial charge on any atom is 0.123 e. The van der Waals surface area contributed by atoms with Gasteiger partial charge in [-0.2, -0.15) is 0 Å². The molecular weight excluding hydrogens is 441 g/mol. The Morgan fingerprint density at radius 2 is 1.51 bits per heavy atom. The van der Waals surface area contributed by atoms with Gasteiger partial charge in [0.15, 0.2) is 0 Å². The van der Waals surface area contributed by atoms with Gasteiger partial charge in [-0.05, 0) is 85.3 Å². The van der Waals surface area contributed by atoms with Gasteiger partial charge in [0.05, 0.1) is 0 Å². The molecule has 5 nitrogen and oxygen atoms in total. The molecule has 0 radical (unpaired) electrons. The summed E-state index contributed by atoms with van der Waals surface area (Å²) < 4.78 is 19.1. The number of anilines is 2. The van der Waals surface area contributed by atoms with Crippen LogP contribution in [0.1, 0.15) is 27.8 Å². The van der Waals surface area contributed by atoms with Crippen molar-refractivity contribution < 1.29 is 14.2 Å². The Labute approximate surface area is 207 Å². The molecule has 186 valence electrons. The van der Waals surface area contributed by atoms with Gasteiger partial charge in [-0.1, -0.05) is 24.3 Å². The Morgan fingerprint density at radius 3 is 2.14 bits per heavy atom. The fourth-order valence-corrected chi connectivity index (χ4v) is 4.60. The largest absolute Gasteiger partial charge is 0.491 e. The van der Waals surface area contributed by atoms with Crippen LogP contribution in [0.2, 0.25) is 0 Å². The minimum atomic E-state index is -0.551. The lowest BCUT2D eigenvalue weighted by molar-refractivity contribution is 0.0660. The molecule has 0 bridgehead atoms. The van der Waals surface area contributed by atoms with Crippen LogP contribution < -0.4 is 15.4 Å². The first-order valence-corrected chi connectivity index (χ1v) is 12.3. The van der Waals surface area contributed by atoms with Crippen molar-refractivity contribution in [3.8, 4) is 5.75 Å². The zero-order chi connectivity index (χ0) is 24.9. The summed E-state index contributed by atoms with van der Waals surface area (Å²) in [6.45, 7) is 10.5. The van der Waals surface area contributed by atoms with Gasteiger partial charge in [-0.15, -0.1) is 0 Å². The Kier molecular flexibility index (Phi) is 7.93. The van der Waals surface area contributed by atoms with E-state index in [1.807, 2.05) is 39.0 Å². The predicted molar refractivity (Wildman–Crippen MR) is 141 cm³/mol. The first-order chi connectivity index (χ1) is 16.8. The molecule has 1 heterocycles. The smallest absolute Gasteiger partial charge is 0.123 e. The van der Waals surface area contributed by atoms with Gasteiger partial charge in [0, 0.05) is 44.1 Å². The first-order valence-electron chi connectivity index (χ1n) is 12.3. The molecule has 3 aromatic rings. The number of β-amino-alcohol motifs (C(OH)–C–C–N with tert-alkyl or cyclic N) is 1. The molecule has 0 saturated carbocycles. The van der Waals surface area contributed by atoms with Crippen LogP contribution in [0.4, 0.5) is 15.8 Å². The Bertz CT molecular complexity index is 1120. The summed E-state index contributed by atoms with van der Waals surface area (Å²) in [6.07, 6.45) is 0.244. The van der Waals surface area contributed by atoms with Crippen molar-refractivity contribution in [2.45, 2.75) is 33.3 Å². The highest BCUT2D eigenvalue weighted by molar-refractivity contribution is 5.60. The van der Waals surface area contributed by atoms with Gasteiger partial charge in [-0.3, -0.25) is 4.90 Å². The molecule has 1 aliphatic heterocycles. The van der Waals surface area contributed by atoms with E-state index in [1.54, 1.807) is 0 Å². The van der Waals surface area contributed by atoms with Crippen LogP contribution in [0.5, 0.6) is 5.75 Å². The van der Waals surface area contributed by atoms with Crippen LogP contribution >= 0.6 is 0 Å². The Morgan fingerprint density at radius 1 is 0.914 bits per heavy atom. The van der Waals surface area contributed by atoms with E-state index in [0.29, 0.717) is 6.54 Å². The van der Waals surface area contributed by atoms with Crippen LogP contribution in [-0.2, 0) is 6.42 Å². The van der Waals surface area contributed by atoms with Crippen LogP contribution in [0.15, 0.2) is 54.6 Å². The first kappa shape index (κ1) is 25.0. The van der Waals surface area contributed by atoms with Crippen molar-refractivity contribution >= 4 is 11.4 Å². The number of piperazine rings is 1. The minimum Gasteiger partial charge on any atom is -0.491 e. The van der Waals surface area contributed by atoms with E-state index in [2.05, 4.69) is 34.1 Å². The van der Waals surface area contributed by atoms with Crippen LogP contribution in [0.25, 0.3) is 0 Å². The normalized spacial score (nSPS) is 15.3. The highest BCUT2D eigenvalue weighted by atomic mass is 19.1. The van der Waals surface area contributed by atoms with Gasteiger partial charge >= 0.3 is 0 Å². The van der Waals surface area contributed by atoms with Crippen LogP contribution in [0.3, 0.4) is 0 Å². The van der Waals surface area contributed by atoms with Gasteiger partial charge in [0.25, 0.3) is 0 Å². The summed E-state index contributed by atoms with van der Waals surface area (Å²) in [5.74, 6) is 0.589. The maximum atomic E-state index is 13.1. The second kappa shape index (κ2) is 11.1. The number of halogens is 1. The molecule has 3 N–H and O–H groups in total. The maximum absolute atomic E-state index is 13.1. The number of aryl methyl sites for hydroxylation is 1. The number of aliphatic hydroxyl groups excluding tert-OH is 1. The van der Waals surface area contributed by atoms with E-state index in [4.69, 9.17) is 10.5 Å². The van der Waals surface area contributed by atoms with Crippen molar-refractivity contribution in [3.05, 3.63) is 88.2 Å². The number of ether oxygens (including phenoxy) is 1. The summed E-state index contributed by atoms with van der Waals surface area (Å²) in [5, 5.41) is 10.6. The molecular formula is C29H36FN3O2. The number of benzene rings is 3. The Balaban J connectivity index is 1.23. The average molecular weight is 478 g/mol. The van der Waals surface area contributed by atoms with E-state index in [-0.39, 0.29) is 12.4 Å². The van der Waals surface area contributed by atoms with Gasteiger partial charge in [-0.25, -0.2) is 4.39 Å². The minimum absolute atomic E-state index is 0.203. The zero-order valence-corrected chi connectivity index (χ0v) is 20.9. The standard InChI is InChI=1S/C29H36FN3O2/c1-20-16-28(21(2)22(3)29(20)31)35-19-27(34)18-32-12-14-33(15-13-32)26-10-6-24(7-11-26)17-23-4-8-25(30)9-5-23/h4-11,16,27,34H,12-15,17-19,31H2,1-3H3/t27-/m0/s1. The zero-order valence-electron chi connectivity index (χ0n) is 20.9. The molecule has 0 spiro atoms. The fraction of sp³-hybridized carbons (Fsp3) is 0.379. The fourth-order valence-electron chi connectivity index (χ4n) is 4.60. The summed E-state index contributed by atoms with van der Waals surface area (Å²) in [6, 6.07) is 17.3. The number of hydrogen-bond acceptors (Lipinski definition) is 5. The number of rotatable bonds is 8. The third-order valence-corrected chi connectivity index (χ3v) is 7.00. The van der Waals surface area contributed by atoms with Gasteiger partial charge in [0.1, 0.15) is 24.3 Å². The van der Waals surface area contributed by atoms with E-state index < -0.39 is 6.10 Å². The molecule has 1 saturated heterocycles. The van der Waals surface area contributed by atoms with E-state index in [0.717, 1.165) is 66.3 Å². The van der Waals surface area contributed by atoms with E-state index >= 15 is 0 Å². The van der Waals surface area contributed by atoms with Crippen molar-refractivity contribution in [2.75, 3.05) is 50.0 Å². The molecule has 0 amide bonds. The number of nitrogen functional groups attached to an aromatic ring is 1. The molecule has 0 unspecified atom stereocenters. The lowest BCUT2D eigenvalue weighted by Gasteiger charge is -2.37. The monoisotopic (exact) mass is 477 g/mol. The lowest BCUT2D eigenvalue weighted by atomic mass is 10.0. The Hall–Kier alpha value is -3.09. The summed E-state index contributed by atoms with van der Waals surface area (Å²) in [5.41, 5.74) is 13.5. The molecule has 1 fully saturated rings. The quantitative estimate of drug-likeness (QED) is 0.468. The number of nitrogens with zero attached hydrogens (tertiary/aromatic N) is 2. The third kappa shape index (κ3) is 6.32. The number of nitrogens with two attached hydrogens (primary N) is 1. The van der Waals surface area contributed by atoms with Crippen molar-refractivity contribution in [1.29, 1.82) is 0 Å². The van der Waals surface area contributed by atoms with Gasteiger partial charge in [0.2, 0.25) is 0 Å². The highest BCUT2D eigenvalue weighted by Crippen LogP contribution is 2.29. The second-order valence-electron chi connectivity index (χ2n) is 9.58. The molecule has 1 atom stereocenters. The average Bonchev–Trinajstić information content (AvgIpc) is 2.86. The van der Waals surface area contributed by atoms with E-state index in [9.17, 15) is 9.50 Å². The number of hydrogen-bond donors (Lipinski definition) is 2.